The molecule has 2 saturated carbocycles. The molecule has 8 nitrogen and oxygen atoms in total. The molecule has 0 atom stereocenters. The third-order valence-electron chi connectivity index (χ3n) is 6.20. The number of aryl methyl sites for hydroxylation is 1. The second-order valence-corrected chi connectivity index (χ2v) is 9.71. The number of hydrogen-bond acceptors (Lipinski definition) is 6. The molecule has 1 N–H and O–H groups in total. The van der Waals surface area contributed by atoms with Gasteiger partial charge >= 0.3 is 0 Å². The maximum absolute atomic E-state index is 12.6. The quantitative estimate of drug-likeness (QED) is 0.370. The first-order valence-electron chi connectivity index (χ1n) is 10.8. The van der Waals surface area contributed by atoms with Gasteiger partial charge in [-0.1, -0.05) is 11.6 Å². The Bertz CT molecular complexity index is 1130. The Labute approximate surface area is 195 Å². The normalized spacial score (nSPS) is 15.9. The SMILES string of the molecule is Cc1c(SNC(=O)c2ccc(-n3ccc(OCC(C4CC4)C4CC4)n3)nc2Cl)cnn1C. The lowest BCUT2D eigenvalue weighted by atomic mass is 9.99. The van der Waals surface area contributed by atoms with E-state index in [0.717, 1.165) is 29.0 Å². The highest BCUT2D eigenvalue weighted by Crippen LogP contribution is 2.49. The first kappa shape index (κ1) is 21.3. The summed E-state index contributed by atoms with van der Waals surface area (Å²) in [5.74, 6) is 3.13. The summed E-state index contributed by atoms with van der Waals surface area (Å²) in [5.41, 5.74) is 1.26. The van der Waals surface area contributed by atoms with Crippen LogP contribution in [-0.2, 0) is 7.05 Å². The van der Waals surface area contributed by atoms with E-state index in [2.05, 4.69) is 19.9 Å². The molecule has 168 valence electrons. The van der Waals surface area contributed by atoms with E-state index in [0.29, 0.717) is 23.2 Å². The Balaban J connectivity index is 1.21. The van der Waals surface area contributed by atoms with Crippen LogP contribution in [0.2, 0.25) is 5.15 Å². The molecule has 32 heavy (non-hydrogen) atoms. The third-order valence-corrected chi connectivity index (χ3v) is 7.40. The first-order valence-corrected chi connectivity index (χ1v) is 12.0. The van der Waals surface area contributed by atoms with Crippen molar-refractivity contribution >= 4 is 29.5 Å². The second kappa shape index (κ2) is 8.78. The summed E-state index contributed by atoms with van der Waals surface area (Å²) in [6, 6.07) is 5.20. The number of carbonyl (C=O) groups is 1. The maximum Gasteiger partial charge on any atom is 0.264 e. The lowest BCUT2D eigenvalue weighted by molar-refractivity contribution is 0.0984. The molecular formula is C22H25ClN6O2S. The number of ether oxygens (including phenoxy) is 1. The molecule has 2 aliphatic carbocycles. The molecule has 0 saturated heterocycles. The van der Waals surface area contributed by atoms with Crippen molar-refractivity contribution in [1.29, 1.82) is 0 Å². The smallest absolute Gasteiger partial charge is 0.264 e. The third kappa shape index (κ3) is 4.63. The lowest BCUT2D eigenvalue weighted by Gasteiger charge is -2.14. The summed E-state index contributed by atoms with van der Waals surface area (Å²) < 4.78 is 12.1. The summed E-state index contributed by atoms with van der Waals surface area (Å²) in [7, 11) is 1.85. The zero-order valence-corrected chi connectivity index (χ0v) is 19.6. The van der Waals surface area contributed by atoms with Gasteiger partial charge in [-0.2, -0.15) is 5.10 Å². The van der Waals surface area contributed by atoms with Crippen molar-refractivity contribution in [3.8, 4) is 11.7 Å². The molecule has 1 amide bonds. The molecule has 2 fully saturated rings. The van der Waals surface area contributed by atoms with Crippen molar-refractivity contribution in [3.05, 3.63) is 47.0 Å². The van der Waals surface area contributed by atoms with E-state index in [1.54, 1.807) is 33.9 Å². The van der Waals surface area contributed by atoms with Crippen LogP contribution < -0.4 is 9.46 Å². The average Bonchev–Trinajstić information content (AvgIpc) is 3.71. The van der Waals surface area contributed by atoms with Gasteiger partial charge in [0.05, 0.1) is 29.0 Å². The molecular weight excluding hydrogens is 448 g/mol. The van der Waals surface area contributed by atoms with E-state index in [4.69, 9.17) is 16.3 Å². The minimum atomic E-state index is -0.321. The van der Waals surface area contributed by atoms with Crippen LogP contribution >= 0.6 is 23.5 Å². The molecule has 2 aliphatic rings. The number of nitrogens with one attached hydrogen (secondary N) is 1. The van der Waals surface area contributed by atoms with Crippen molar-refractivity contribution in [2.45, 2.75) is 37.5 Å². The number of halogens is 1. The summed E-state index contributed by atoms with van der Waals surface area (Å²) in [6.07, 6.45) is 8.84. The molecule has 5 rings (SSSR count). The fourth-order valence-corrected chi connectivity index (χ4v) is 4.78. The molecule has 10 heteroatoms. The molecule has 3 aromatic heterocycles. The highest BCUT2D eigenvalue weighted by molar-refractivity contribution is 7.98. The number of hydrogen-bond donors (Lipinski definition) is 1. The predicted octanol–water partition coefficient (Wildman–Crippen LogP) is 4.21. The van der Waals surface area contributed by atoms with E-state index in [-0.39, 0.29) is 11.1 Å². The van der Waals surface area contributed by atoms with Crippen LogP contribution in [0, 0.1) is 24.7 Å². The van der Waals surface area contributed by atoms with E-state index in [9.17, 15) is 4.79 Å². The number of aromatic nitrogens is 5. The molecule has 3 aromatic rings. The van der Waals surface area contributed by atoms with Gasteiger partial charge in [0.2, 0.25) is 5.88 Å². The fourth-order valence-electron chi connectivity index (χ4n) is 3.86. The van der Waals surface area contributed by atoms with Crippen molar-refractivity contribution in [3.63, 3.8) is 0 Å². The number of rotatable bonds is 9. The standard InChI is InChI=1S/C22H25ClN6O2S/c1-13-18(11-24-28(13)2)32-27-22(30)16-7-8-19(25-21(16)23)29-10-9-20(26-29)31-12-17(14-3-4-14)15-5-6-15/h7-11,14-15,17H,3-6,12H2,1-2H3,(H,27,30). The zero-order chi connectivity index (χ0) is 22.2. The van der Waals surface area contributed by atoms with Gasteiger partial charge in [-0.15, -0.1) is 5.10 Å². The maximum atomic E-state index is 12.6. The van der Waals surface area contributed by atoms with Crippen LogP contribution in [0.3, 0.4) is 0 Å². The topological polar surface area (TPSA) is 86.9 Å². The number of pyridine rings is 1. The number of carbonyl (C=O) groups excluding carboxylic acids is 1. The summed E-state index contributed by atoms with van der Waals surface area (Å²) in [4.78, 5) is 17.8. The fraction of sp³-hybridized carbons (Fsp3) is 0.455. The minimum absolute atomic E-state index is 0.115. The van der Waals surface area contributed by atoms with Crippen LogP contribution in [0.5, 0.6) is 5.88 Å². The van der Waals surface area contributed by atoms with Crippen molar-refractivity contribution in [2.24, 2.45) is 24.8 Å². The van der Waals surface area contributed by atoms with E-state index in [1.807, 2.05) is 20.0 Å². The summed E-state index contributed by atoms with van der Waals surface area (Å²) in [6.45, 7) is 2.67. The molecule has 0 bridgehead atoms. The molecule has 0 aromatic carbocycles. The number of amides is 1. The Morgan fingerprint density at radius 2 is 2.03 bits per heavy atom. The highest BCUT2D eigenvalue weighted by Gasteiger charge is 2.41. The molecule has 3 heterocycles. The molecule has 0 unspecified atom stereocenters. The highest BCUT2D eigenvalue weighted by atomic mass is 35.5. The summed E-state index contributed by atoms with van der Waals surface area (Å²) >= 11 is 7.51. The minimum Gasteiger partial charge on any atom is -0.476 e. The van der Waals surface area contributed by atoms with Crippen LogP contribution in [0.25, 0.3) is 5.82 Å². The summed E-state index contributed by atoms with van der Waals surface area (Å²) in [5, 5.41) is 8.75. The van der Waals surface area contributed by atoms with Gasteiger partial charge in [-0.3, -0.25) is 14.2 Å². The van der Waals surface area contributed by atoms with Gasteiger partial charge < -0.3 is 4.74 Å². The van der Waals surface area contributed by atoms with Gasteiger partial charge in [-0.05, 0) is 74.4 Å². The van der Waals surface area contributed by atoms with E-state index < -0.39 is 0 Å². The van der Waals surface area contributed by atoms with E-state index >= 15 is 0 Å². The number of nitrogens with zero attached hydrogens (tertiary/aromatic N) is 5. The van der Waals surface area contributed by atoms with Gasteiger partial charge in [0.25, 0.3) is 5.91 Å². The van der Waals surface area contributed by atoms with Crippen LogP contribution in [0.1, 0.15) is 41.7 Å². The first-order chi connectivity index (χ1) is 15.5. The second-order valence-electron chi connectivity index (χ2n) is 8.51. The van der Waals surface area contributed by atoms with Gasteiger partial charge in [0.1, 0.15) is 5.15 Å². The van der Waals surface area contributed by atoms with Crippen LogP contribution in [0.15, 0.2) is 35.5 Å². The molecule has 0 aliphatic heterocycles. The Morgan fingerprint density at radius 3 is 2.66 bits per heavy atom. The lowest BCUT2D eigenvalue weighted by Crippen LogP contribution is -2.17. The average molecular weight is 473 g/mol. The Hall–Kier alpha value is -2.52. The van der Waals surface area contributed by atoms with Crippen molar-refractivity contribution in [1.82, 2.24) is 29.3 Å². The largest absolute Gasteiger partial charge is 0.476 e. The molecule has 0 radical (unpaired) electrons. The Kier molecular flexibility index (Phi) is 5.86. The predicted molar refractivity (Wildman–Crippen MR) is 122 cm³/mol. The zero-order valence-electron chi connectivity index (χ0n) is 18.0. The van der Waals surface area contributed by atoms with Crippen LogP contribution in [0.4, 0.5) is 0 Å². The van der Waals surface area contributed by atoms with Gasteiger partial charge in [0, 0.05) is 19.3 Å². The van der Waals surface area contributed by atoms with Gasteiger partial charge in [0.15, 0.2) is 5.82 Å². The van der Waals surface area contributed by atoms with Crippen LogP contribution in [-0.4, -0.2) is 37.1 Å². The van der Waals surface area contributed by atoms with E-state index in [1.165, 1.54) is 37.6 Å². The van der Waals surface area contributed by atoms with Crippen molar-refractivity contribution in [2.75, 3.05) is 6.61 Å². The Morgan fingerprint density at radius 1 is 1.28 bits per heavy atom. The molecule has 0 spiro atoms. The van der Waals surface area contributed by atoms with Crippen molar-refractivity contribution < 1.29 is 9.53 Å². The van der Waals surface area contributed by atoms with Gasteiger partial charge in [-0.25, -0.2) is 9.67 Å². The monoisotopic (exact) mass is 472 g/mol.